The molecule has 2 atom stereocenters. The van der Waals surface area contributed by atoms with Crippen LogP contribution >= 0.6 is 31.9 Å². The molecule has 4 heteroatoms. The number of hydrogen-bond acceptors (Lipinski definition) is 2. The third kappa shape index (κ3) is 3.39. The Morgan fingerprint density at radius 2 is 1.74 bits per heavy atom. The van der Waals surface area contributed by atoms with Crippen molar-refractivity contribution in [2.24, 2.45) is 5.92 Å². The molecular formula is C15H18Br2N2. The first-order valence-electron chi connectivity index (χ1n) is 6.42. The number of likely N-dealkylation sites (tertiary alicyclic amines) is 1. The van der Waals surface area contributed by atoms with Crippen LogP contribution in [0.2, 0.25) is 0 Å². The van der Waals surface area contributed by atoms with Crippen LogP contribution in [0, 0.1) is 17.2 Å². The van der Waals surface area contributed by atoms with Gasteiger partial charge in [-0.2, -0.15) is 5.26 Å². The molecule has 0 radical (unpaired) electrons. The molecule has 0 unspecified atom stereocenters. The molecule has 2 rings (SSSR count). The minimum absolute atomic E-state index is 0.0698. The Morgan fingerprint density at radius 3 is 2.21 bits per heavy atom. The summed E-state index contributed by atoms with van der Waals surface area (Å²) in [6, 6.07) is 8.77. The Hall–Kier alpha value is -0.370. The average Bonchev–Trinajstić information content (AvgIpc) is 2.71. The van der Waals surface area contributed by atoms with Crippen molar-refractivity contribution in [3.05, 3.63) is 32.7 Å². The van der Waals surface area contributed by atoms with Crippen molar-refractivity contribution in [2.45, 2.75) is 32.2 Å². The van der Waals surface area contributed by atoms with E-state index in [-0.39, 0.29) is 17.4 Å². The summed E-state index contributed by atoms with van der Waals surface area (Å²) in [5.41, 5.74) is 1.35. The van der Waals surface area contributed by atoms with Gasteiger partial charge in [-0.3, -0.25) is 4.90 Å². The summed E-state index contributed by atoms with van der Waals surface area (Å²) in [5, 5.41) is 9.42. The molecular weight excluding hydrogens is 368 g/mol. The Balaban J connectivity index is 2.31. The zero-order chi connectivity index (χ0) is 14.2. The molecule has 0 N–H and O–H groups in total. The average molecular weight is 386 g/mol. The van der Waals surface area contributed by atoms with Gasteiger partial charge < -0.3 is 0 Å². The lowest BCUT2D eigenvalue weighted by atomic mass is 9.90. The van der Waals surface area contributed by atoms with Gasteiger partial charge in [0.1, 0.15) is 0 Å². The van der Waals surface area contributed by atoms with E-state index in [4.69, 9.17) is 0 Å². The van der Waals surface area contributed by atoms with Crippen LogP contribution in [0.15, 0.2) is 27.1 Å². The summed E-state index contributed by atoms with van der Waals surface area (Å²) in [6.45, 7) is 8.43. The Bertz CT molecular complexity index is 494. The summed E-state index contributed by atoms with van der Waals surface area (Å²) in [6.07, 6.45) is 0. The fourth-order valence-corrected chi connectivity index (χ4v) is 3.94. The molecule has 0 bridgehead atoms. The highest BCUT2D eigenvalue weighted by Crippen LogP contribution is 2.37. The molecule has 0 aliphatic carbocycles. The van der Waals surface area contributed by atoms with Gasteiger partial charge in [0, 0.05) is 33.5 Å². The van der Waals surface area contributed by atoms with Crippen molar-refractivity contribution in [3.8, 4) is 6.07 Å². The highest BCUT2D eigenvalue weighted by atomic mass is 79.9. The van der Waals surface area contributed by atoms with Crippen LogP contribution in [0.1, 0.15) is 32.3 Å². The van der Waals surface area contributed by atoms with Gasteiger partial charge in [0.2, 0.25) is 0 Å². The van der Waals surface area contributed by atoms with Crippen LogP contribution in [0.4, 0.5) is 0 Å². The summed E-state index contributed by atoms with van der Waals surface area (Å²) in [7, 11) is 0. The monoisotopic (exact) mass is 384 g/mol. The maximum absolute atomic E-state index is 9.42. The lowest BCUT2D eigenvalue weighted by molar-refractivity contribution is 0.170. The zero-order valence-corrected chi connectivity index (χ0v) is 14.6. The van der Waals surface area contributed by atoms with Crippen LogP contribution in [0.3, 0.4) is 0 Å². The summed E-state index contributed by atoms with van der Waals surface area (Å²) < 4.78 is 2.12. The Kier molecular flexibility index (Phi) is 4.39. The predicted molar refractivity (Wildman–Crippen MR) is 85.0 cm³/mol. The maximum Gasteiger partial charge on any atom is 0.0676 e. The topological polar surface area (TPSA) is 27.0 Å². The van der Waals surface area contributed by atoms with E-state index in [1.165, 1.54) is 5.56 Å². The largest absolute Gasteiger partial charge is 0.297 e. The number of halogens is 2. The number of benzene rings is 1. The van der Waals surface area contributed by atoms with E-state index in [2.05, 4.69) is 75.7 Å². The van der Waals surface area contributed by atoms with E-state index in [9.17, 15) is 5.26 Å². The van der Waals surface area contributed by atoms with Crippen molar-refractivity contribution >= 4 is 31.9 Å². The molecule has 0 amide bonds. The standard InChI is InChI=1S/C15H18Br2N2/c1-15(2,3)19-8-11(7-18)14(9-19)10-4-12(16)6-13(17)5-10/h4-6,11,14H,8-9H2,1-3H3/t11-,14+/m0/s1. The van der Waals surface area contributed by atoms with Gasteiger partial charge in [-0.05, 0) is 44.5 Å². The second-order valence-electron chi connectivity index (χ2n) is 6.12. The van der Waals surface area contributed by atoms with Gasteiger partial charge in [-0.25, -0.2) is 0 Å². The van der Waals surface area contributed by atoms with E-state index >= 15 is 0 Å². The fourth-order valence-electron chi connectivity index (χ4n) is 2.61. The van der Waals surface area contributed by atoms with Crippen molar-refractivity contribution in [2.75, 3.05) is 13.1 Å². The smallest absolute Gasteiger partial charge is 0.0676 e. The summed E-state index contributed by atoms with van der Waals surface area (Å²) in [4.78, 5) is 2.40. The van der Waals surface area contributed by atoms with Gasteiger partial charge in [0.25, 0.3) is 0 Å². The van der Waals surface area contributed by atoms with E-state index in [0.717, 1.165) is 22.0 Å². The van der Waals surface area contributed by atoms with Crippen molar-refractivity contribution < 1.29 is 0 Å². The first-order valence-corrected chi connectivity index (χ1v) is 8.00. The van der Waals surface area contributed by atoms with Gasteiger partial charge in [-0.15, -0.1) is 0 Å². The Labute approximate surface area is 132 Å². The SMILES string of the molecule is CC(C)(C)N1C[C@H](c2cc(Br)cc(Br)c2)[C@@H](C#N)C1. The number of nitrogens with zero attached hydrogens (tertiary/aromatic N) is 2. The normalized spacial score (nSPS) is 24.4. The fraction of sp³-hybridized carbons (Fsp3) is 0.533. The molecule has 19 heavy (non-hydrogen) atoms. The molecule has 0 aromatic heterocycles. The minimum Gasteiger partial charge on any atom is -0.297 e. The molecule has 1 aliphatic heterocycles. The maximum atomic E-state index is 9.42. The molecule has 1 saturated heterocycles. The quantitative estimate of drug-likeness (QED) is 0.708. The van der Waals surface area contributed by atoms with E-state index in [0.29, 0.717) is 0 Å². The predicted octanol–water partition coefficient (Wildman–Crippen LogP) is 4.55. The number of hydrogen-bond donors (Lipinski definition) is 0. The number of nitriles is 1. The second kappa shape index (κ2) is 5.55. The summed E-state index contributed by atoms with van der Waals surface area (Å²) in [5.74, 6) is 0.360. The molecule has 1 aromatic carbocycles. The third-order valence-electron chi connectivity index (χ3n) is 3.75. The first kappa shape index (κ1) is 15.0. The lowest BCUT2D eigenvalue weighted by Crippen LogP contribution is -2.39. The van der Waals surface area contributed by atoms with Crippen molar-refractivity contribution in [1.82, 2.24) is 4.90 Å². The van der Waals surface area contributed by atoms with Gasteiger partial charge >= 0.3 is 0 Å². The van der Waals surface area contributed by atoms with Crippen molar-refractivity contribution in [1.29, 1.82) is 5.26 Å². The van der Waals surface area contributed by atoms with Crippen LogP contribution in [-0.4, -0.2) is 23.5 Å². The zero-order valence-electron chi connectivity index (χ0n) is 11.5. The molecule has 1 aromatic rings. The van der Waals surface area contributed by atoms with E-state index in [1.54, 1.807) is 0 Å². The molecule has 1 fully saturated rings. The van der Waals surface area contributed by atoms with E-state index < -0.39 is 0 Å². The third-order valence-corrected chi connectivity index (χ3v) is 4.66. The molecule has 2 nitrogen and oxygen atoms in total. The minimum atomic E-state index is 0.0698. The van der Waals surface area contributed by atoms with Gasteiger partial charge in [0.05, 0.1) is 12.0 Å². The molecule has 1 heterocycles. The summed E-state index contributed by atoms with van der Waals surface area (Å²) >= 11 is 7.06. The van der Waals surface area contributed by atoms with Crippen LogP contribution in [0.25, 0.3) is 0 Å². The lowest BCUT2D eigenvalue weighted by Gasteiger charge is -2.31. The highest BCUT2D eigenvalue weighted by molar-refractivity contribution is 9.11. The molecule has 1 aliphatic rings. The van der Waals surface area contributed by atoms with E-state index in [1.807, 2.05) is 6.07 Å². The molecule has 102 valence electrons. The van der Waals surface area contributed by atoms with Crippen LogP contribution in [0.5, 0.6) is 0 Å². The van der Waals surface area contributed by atoms with Gasteiger partial charge in [-0.1, -0.05) is 31.9 Å². The highest BCUT2D eigenvalue weighted by Gasteiger charge is 2.38. The first-order chi connectivity index (χ1) is 8.81. The van der Waals surface area contributed by atoms with Crippen LogP contribution < -0.4 is 0 Å². The Morgan fingerprint density at radius 1 is 1.16 bits per heavy atom. The molecule has 0 spiro atoms. The molecule has 0 saturated carbocycles. The van der Waals surface area contributed by atoms with Crippen LogP contribution in [-0.2, 0) is 0 Å². The van der Waals surface area contributed by atoms with Gasteiger partial charge in [0.15, 0.2) is 0 Å². The second-order valence-corrected chi connectivity index (χ2v) is 7.95. The number of rotatable bonds is 1. The van der Waals surface area contributed by atoms with Crippen molar-refractivity contribution in [3.63, 3.8) is 0 Å².